The van der Waals surface area contributed by atoms with Crippen molar-refractivity contribution in [1.29, 1.82) is 0 Å². The quantitative estimate of drug-likeness (QED) is 0.488. The molecule has 1 amide bonds. The molecule has 0 aliphatic heterocycles. The number of carbonyl (C=O) groups is 1. The molecule has 1 aliphatic rings. The fourth-order valence-corrected chi connectivity index (χ4v) is 5.49. The average molecular weight is 470 g/mol. The summed E-state index contributed by atoms with van der Waals surface area (Å²) in [5.41, 5.74) is 1.26. The molecule has 0 spiro atoms. The van der Waals surface area contributed by atoms with Crippen molar-refractivity contribution >= 4 is 27.5 Å². The van der Waals surface area contributed by atoms with Gasteiger partial charge < -0.3 is 10.1 Å². The van der Waals surface area contributed by atoms with Gasteiger partial charge in [0.1, 0.15) is 4.70 Å². The first-order valence-electron chi connectivity index (χ1n) is 11.6. The number of benzene rings is 1. The molecule has 8 heteroatoms. The third-order valence-electron chi connectivity index (χ3n) is 6.50. The lowest BCUT2D eigenvalue weighted by Crippen LogP contribution is -2.42. The van der Waals surface area contributed by atoms with Gasteiger partial charge in [-0.15, -0.1) is 11.3 Å². The van der Waals surface area contributed by atoms with E-state index >= 15 is 0 Å². The lowest BCUT2D eigenvalue weighted by atomic mass is 9.81. The van der Waals surface area contributed by atoms with Crippen LogP contribution >= 0.6 is 11.3 Å². The van der Waals surface area contributed by atoms with E-state index in [2.05, 4.69) is 5.32 Å². The summed E-state index contributed by atoms with van der Waals surface area (Å²) in [7, 11) is 1.65. The molecule has 0 radical (unpaired) electrons. The third kappa shape index (κ3) is 5.45. The van der Waals surface area contributed by atoms with Crippen molar-refractivity contribution in [1.82, 2.24) is 14.5 Å². The van der Waals surface area contributed by atoms with E-state index in [-0.39, 0.29) is 29.0 Å². The molecule has 33 heavy (non-hydrogen) atoms. The Hall–Kier alpha value is -2.71. The van der Waals surface area contributed by atoms with Gasteiger partial charge in [0.15, 0.2) is 0 Å². The lowest BCUT2D eigenvalue weighted by Gasteiger charge is -2.28. The zero-order chi connectivity index (χ0) is 23.2. The molecule has 0 atom stereocenters. The molecule has 0 unspecified atom stereocenters. The number of ether oxygens (including phenoxy) is 1. The van der Waals surface area contributed by atoms with Crippen molar-refractivity contribution in [2.45, 2.75) is 45.2 Å². The molecule has 3 aromatic rings. The van der Waals surface area contributed by atoms with Crippen LogP contribution in [0.25, 0.3) is 10.2 Å². The number of nitrogens with one attached hydrogen (secondary N) is 1. The summed E-state index contributed by atoms with van der Waals surface area (Å²) in [5, 5.41) is 4.86. The SMILES string of the molecule is COCCCNC(=O)C1CCC(Cn2c(=O)c3sccc3n(Cc3ccccc3)c2=O)CC1. The van der Waals surface area contributed by atoms with E-state index < -0.39 is 0 Å². The zero-order valence-corrected chi connectivity index (χ0v) is 19.8. The molecule has 4 rings (SSSR count). The van der Waals surface area contributed by atoms with Crippen LogP contribution in [0, 0.1) is 11.8 Å². The summed E-state index contributed by atoms with van der Waals surface area (Å²) >= 11 is 1.38. The Bertz CT molecular complexity index is 1190. The number of thiophene rings is 1. The minimum absolute atomic E-state index is 0.00929. The van der Waals surface area contributed by atoms with Crippen molar-refractivity contribution in [3.05, 3.63) is 68.2 Å². The molecule has 1 aliphatic carbocycles. The Balaban J connectivity index is 1.47. The number of carbonyl (C=O) groups excluding carboxylic acids is 1. The van der Waals surface area contributed by atoms with Gasteiger partial charge in [-0.05, 0) is 55.0 Å². The van der Waals surface area contributed by atoms with E-state index in [0.29, 0.717) is 36.5 Å². The first kappa shape index (κ1) is 23.4. The van der Waals surface area contributed by atoms with Crippen molar-refractivity contribution in [2.75, 3.05) is 20.3 Å². The summed E-state index contributed by atoms with van der Waals surface area (Å²) in [6.07, 6.45) is 4.05. The van der Waals surface area contributed by atoms with Crippen molar-refractivity contribution in [3.8, 4) is 0 Å². The molecular formula is C25H31N3O4S. The second-order valence-corrected chi connectivity index (χ2v) is 9.68. The molecule has 1 aromatic carbocycles. The van der Waals surface area contributed by atoms with Gasteiger partial charge in [-0.1, -0.05) is 30.3 Å². The maximum absolute atomic E-state index is 13.4. The Morgan fingerprint density at radius 3 is 2.58 bits per heavy atom. The van der Waals surface area contributed by atoms with Gasteiger partial charge in [0.25, 0.3) is 5.56 Å². The van der Waals surface area contributed by atoms with E-state index in [1.165, 1.54) is 15.9 Å². The summed E-state index contributed by atoms with van der Waals surface area (Å²) in [6, 6.07) is 11.7. The Kier molecular flexibility index (Phi) is 7.77. The number of aromatic nitrogens is 2. The van der Waals surface area contributed by atoms with E-state index in [9.17, 15) is 14.4 Å². The number of rotatable bonds is 9. The monoisotopic (exact) mass is 469 g/mol. The summed E-state index contributed by atoms with van der Waals surface area (Å²) in [5.74, 6) is 0.331. The van der Waals surface area contributed by atoms with Gasteiger partial charge in [0, 0.05) is 32.7 Å². The van der Waals surface area contributed by atoms with Crippen LogP contribution in [0.2, 0.25) is 0 Å². The van der Waals surface area contributed by atoms with Crippen LogP contribution < -0.4 is 16.6 Å². The van der Waals surface area contributed by atoms with Crippen LogP contribution in [0.4, 0.5) is 0 Å². The standard InChI is InChI=1S/C25H31N3O4S/c1-32-14-5-13-26-23(29)20-10-8-19(9-11-20)17-28-24(30)22-21(12-15-33-22)27(25(28)31)16-18-6-3-2-4-7-18/h2-4,6-7,12,15,19-20H,5,8-11,13-14,16-17H2,1H3,(H,26,29). The molecule has 0 saturated heterocycles. The summed E-state index contributed by atoms with van der Waals surface area (Å²) < 4.78 is 8.76. The highest BCUT2D eigenvalue weighted by Crippen LogP contribution is 2.30. The number of methoxy groups -OCH3 is 1. The highest BCUT2D eigenvalue weighted by molar-refractivity contribution is 7.17. The maximum Gasteiger partial charge on any atom is 0.331 e. The largest absolute Gasteiger partial charge is 0.385 e. The van der Waals surface area contributed by atoms with Crippen LogP contribution in [0.3, 0.4) is 0 Å². The van der Waals surface area contributed by atoms with Gasteiger partial charge in [-0.2, -0.15) is 0 Å². The normalized spacial score (nSPS) is 18.5. The fraction of sp³-hybridized carbons (Fsp3) is 0.480. The minimum atomic E-state index is -0.257. The van der Waals surface area contributed by atoms with Crippen LogP contribution in [0.1, 0.15) is 37.7 Å². The van der Waals surface area contributed by atoms with E-state index in [0.717, 1.165) is 37.7 Å². The second kappa shape index (κ2) is 10.9. The van der Waals surface area contributed by atoms with Gasteiger partial charge in [-0.3, -0.25) is 18.7 Å². The Morgan fingerprint density at radius 1 is 1.09 bits per heavy atom. The maximum atomic E-state index is 13.4. The summed E-state index contributed by atoms with van der Waals surface area (Å²) in [4.78, 5) is 38.9. The number of amides is 1. The molecular weight excluding hydrogens is 438 g/mol. The fourth-order valence-electron chi connectivity index (χ4n) is 4.65. The van der Waals surface area contributed by atoms with Gasteiger partial charge in [0.05, 0.1) is 12.1 Å². The first-order valence-corrected chi connectivity index (χ1v) is 12.5. The Morgan fingerprint density at radius 2 is 1.85 bits per heavy atom. The smallest absolute Gasteiger partial charge is 0.331 e. The van der Waals surface area contributed by atoms with Crippen molar-refractivity contribution < 1.29 is 9.53 Å². The number of fused-ring (bicyclic) bond motifs is 1. The molecule has 0 bridgehead atoms. The van der Waals surface area contributed by atoms with Crippen molar-refractivity contribution in [2.24, 2.45) is 11.8 Å². The lowest BCUT2D eigenvalue weighted by molar-refractivity contribution is -0.126. The first-order chi connectivity index (χ1) is 16.1. The molecule has 176 valence electrons. The number of hydrogen-bond acceptors (Lipinski definition) is 5. The summed E-state index contributed by atoms with van der Waals surface area (Å²) in [6.45, 7) is 2.10. The second-order valence-electron chi connectivity index (χ2n) is 8.76. The average Bonchev–Trinajstić information content (AvgIpc) is 3.33. The Labute approximate surface area is 197 Å². The minimum Gasteiger partial charge on any atom is -0.385 e. The number of hydrogen-bond donors (Lipinski definition) is 1. The molecule has 1 N–H and O–H groups in total. The molecule has 1 saturated carbocycles. The topological polar surface area (TPSA) is 82.3 Å². The third-order valence-corrected chi connectivity index (χ3v) is 7.39. The highest BCUT2D eigenvalue weighted by atomic mass is 32.1. The van der Waals surface area contributed by atoms with E-state index in [1.807, 2.05) is 41.8 Å². The highest BCUT2D eigenvalue weighted by Gasteiger charge is 2.27. The molecule has 1 fully saturated rings. The van der Waals surface area contributed by atoms with E-state index in [4.69, 9.17) is 4.74 Å². The van der Waals surface area contributed by atoms with Crippen molar-refractivity contribution in [3.63, 3.8) is 0 Å². The van der Waals surface area contributed by atoms with Gasteiger partial charge in [-0.25, -0.2) is 4.79 Å². The van der Waals surface area contributed by atoms with Crippen LogP contribution in [-0.4, -0.2) is 35.3 Å². The molecule has 2 aromatic heterocycles. The van der Waals surface area contributed by atoms with Crippen LogP contribution in [0.5, 0.6) is 0 Å². The van der Waals surface area contributed by atoms with Crippen LogP contribution in [-0.2, 0) is 22.6 Å². The van der Waals surface area contributed by atoms with Gasteiger partial charge in [0.2, 0.25) is 5.91 Å². The van der Waals surface area contributed by atoms with E-state index in [1.54, 1.807) is 11.7 Å². The zero-order valence-electron chi connectivity index (χ0n) is 19.0. The number of nitrogens with zero attached hydrogens (tertiary/aromatic N) is 2. The van der Waals surface area contributed by atoms with Crippen LogP contribution in [0.15, 0.2) is 51.4 Å². The predicted molar refractivity (Wildman–Crippen MR) is 131 cm³/mol. The van der Waals surface area contributed by atoms with Gasteiger partial charge >= 0.3 is 5.69 Å². The molecule has 7 nitrogen and oxygen atoms in total. The molecule has 2 heterocycles. The predicted octanol–water partition coefficient (Wildman–Crippen LogP) is 3.23.